The molecule has 0 unspecified atom stereocenters. The zero-order valence-electron chi connectivity index (χ0n) is 10.9. The van der Waals surface area contributed by atoms with E-state index in [2.05, 4.69) is 0 Å². The summed E-state index contributed by atoms with van der Waals surface area (Å²) in [5, 5.41) is 9.79. The monoisotopic (exact) mass is 302 g/mol. The molecule has 0 amide bonds. The van der Waals surface area contributed by atoms with Crippen molar-refractivity contribution in [1.29, 1.82) is 0 Å². The summed E-state index contributed by atoms with van der Waals surface area (Å²) in [6, 6.07) is 3.27. The van der Waals surface area contributed by atoms with Gasteiger partial charge in [-0.3, -0.25) is 0 Å². The molecule has 0 spiro atoms. The summed E-state index contributed by atoms with van der Waals surface area (Å²) in [4.78, 5) is 10.9. The van der Waals surface area contributed by atoms with Gasteiger partial charge in [-0.1, -0.05) is 36.5 Å². The Morgan fingerprint density at radius 2 is 2.05 bits per heavy atom. The number of hydrogen-bond acceptors (Lipinski definition) is 2. The topological polar surface area (TPSA) is 46.5 Å². The number of ether oxygens (including phenoxy) is 1. The molecule has 0 aliphatic heterocycles. The van der Waals surface area contributed by atoms with Crippen LogP contribution in [-0.4, -0.2) is 17.7 Å². The van der Waals surface area contributed by atoms with Gasteiger partial charge in [-0.05, 0) is 31.1 Å². The maximum atomic E-state index is 10.9. The largest absolute Gasteiger partial charge is 0.492 e. The number of carboxylic acid groups (broad SMARTS) is 1. The Labute approximate surface area is 122 Å². The minimum atomic E-state index is -0.998. The Bertz CT molecular complexity index is 496. The van der Waals surface area contributed by atoms with Gasteiger partial charge in [0.25, 0.3) is 0 Å². The first-order valence-corrected chi connectivity index (χ1v) is 6.80. The molecule has 1 rings (SSSR count). The van der Waals surface area contributed by atoms with E-state index < -0.39 is 5.97 Å². The van der Waals surface area contributed by atoms with Crippen LogP contribution >= 0.6 is 23.2 Å². The van der Waals surface area contributed by atoms with Gasteiger partial charge in [-0.15, -0.1) is 0 Å². The summed E-state index contributed by atoms with van der Waals surface area (Å²) in [5.74, 6) is -0.517. The minimum absolute atomic E-state index is 0.386. The summed E-state index contributed by atoms with van der Waals surface area (Å²) >= 11 is 12.1. The second kappa shape index (κ2) is 7.41. The fourth-order valence-electron chi connectivity index (χ4n) is 1.79. The first-order valence-electron chi connectivity index (χ1n) is 6.05. The van der Waals surface area contributed by atoms with Gasteiger partial charge >= 0.3 is 5.97 Å². The molecule has 0 aliphatic rings. The van der Waals surface area contributed by atoms with Crippen molar-refractivity contribution in [2.45, 2.75) is 26.7 Å². The van der Waals surface area contributed by atoms with Gasteiger partial charge in [0.15, 0.2) is 0 Å². The molecule has 0 aromatic heterocycles. The van der Waals surface area contributed by atoms with Gasteiger partial charge in [0.1, 0.15) is 5.75 Å². The number of benzene rings is 1. The molecule has 0 bridgehead atoms. The van der Waals surface area contributed by atoms with Gasteiger partial charge in [-0.25, -0.2) is 4.79 Å². The molecule has 0 aliphatic carbocycles. The normalized spacial score (nSPS) is 11.5. The Balaban J connectivity index is 3.39. The van der Waals surface area contributed by atoms with Gasteiger partial charge < -0.3 is 9.84 Å². The second-order valence-electron chi connectivity index (χ2n) is 3.96. The number of hydrogen-bond donors (Lipinski definition) is 1. The van der Waals surface area contributed by atoms with Crippen molar-refractivity contribution in [1.82, 2.24) is 0 Å². The van der Waals surface area contributed by atoms with Crippen LogP contribution in [0.25, 0.3) is 5.57 Å². The molecule has 0 saturated carbocycles. The summed E-state index contributed by atoms with van der Waals surface area (Å²) in [6.45, 7) is 4.26. The van der Waals surface area contributed by atoms with E-state index in [1.54, 1.807) is 12.1 Å². The van der Waals surface area contributed by atoms with Crippen LogP contribution in [-0.2, 0) is 4.79 Å². The predicted molar refractivity (Wildman–Crippen MR) is 78.2 cm³/mol. The van der Waals surface area contributed by atoms with E-state index in [1.165, 1.54) is 6.08 Å². The second-order valence-corrected chi connectivity index (χ2v) is 4.80. The number of halogens is 2. The van der Waals surface area contributed by atoms with E-state index in [1.807, 2.05) is 13.8 Å². The van der Waals surface area contributed by atoms with Crippen LogP contribution in [0.3, 0.4) is 0 Å². The lowest BCUT2D eigenvalue weighted by atomic mass is 10.00. The van der Waals surface area contributed by atoms with Gasteiger partial charge in [-0.2, -0.15) is 0 Å². The Kier molecular flexibility index (Phi) is 6.19. The number of allylic oxidation sites excluding steroid dienone is 1. The molecule has 0 saturated heterocycles. The first kappa shape index (κ1) is 15.9. The molecule has 1 aromatic carbocycles. The average Bonchev–Trinajstić information content (AvgIpc) is 2.31. The van der Waals surface area contributed by atoms with Crippen LogP contribution in [0.5, 0.6) is 5.75 Å². The zero-order chi connectivity index (χ0) is 14.4. The highest BCUT2D eigenvalue weighted by Crippen LogP contribution is 2.38. The minimum Gasteiger partial charge on any atom is -0.492 e. The van der Waals surface area contributed by atoms with Crippen LogP contribution < -0.4 is 4.74 Å². The number of carbonyl (C=O) groups is 1. The Morgan fingerprint density at radius 3 is 2.58 bits per heavy atom. The maximum Gasteiger partial charge on any atom is 0.328 e. The quantitative estimate of drug-likeness (QED) is 0.777. The summed E-state index contributed by atoms with van der Waals surface area (Å²) in [7, 11) is 0. The van der Waals surface area contributed by atoms with Gasteiger partial charge in [0, 0.05) is 16.7 Å². The highest BCUT2D eigenvalue weighted by atomic mass is 35.5. The van der Waals surface area contributed by atoms with E-state index in [0.29, 0.717) is 40.0 Å². The van der Waals surface area contributed by atoms with Crippen LogP contribution in [0.15, 0.2) is 18.2 Å². The molecule has 1 N–H and O–H groups in total. The summed E-state index contributed by atoms with van der Waals surface area (Å²) in [5.41, 5.74) is 1.30. The summed E-state index contributed by atoms with van der Waals surface area (Å²) in [6.07, 6.45) is 2.60. The SMILES string of the molecule is CCC/C(=C\C(=O)O)c1cc(Cl)cc(Cl)c1OCC. The number of rotatable bonds is 6. The first-order chi connectivity index (χ1) is 8.99. The molecular weight excluding hydrogens is 287 g/mol. The molecule has 19 heavy (non-hydrogen) atoms. The molecule has 0 fully saturated rings. The van der Waals surface area contributed by atoms with Gasteiger partial charge in [0.05, 0.1) is 11.6 Å². The van der Waals surface area contributed by atoms with Crippen molar-refractivity contribution < 1.29 is 14.6 Å². The third-order valence-electron chi connectivity index (χ3n) is 2.46. The predicted octanol–water partition coefficient (Wildman–Crippen LogP) is 4.66. The van der Waals surface area contributed by atoms with E-state index in [-0.39, 0.29) is 0 Å². The standard InChI is InChI=1S/C14H16Cl2O3/c1-3-5-9(6-13(17)18)11-7-10(15)8-12(16)14(11)19-4-2/h6-8H,3-5H2,1-2H3,(H,17,18)/b9-6+. The van der Waals surface area contributed by atoms with Crippen LogP contribution in [0, 0.1) is 0 Å². The van der Waals surface area contributed by atoms with E-state index in [9.17, 15) is 4.79 Å². The molecule has 0 radical (unpaired) electrons. The van der Waals surface area contributed by atoms with E-state index in [4.69, 9.17) is 33.0 Å². The smallest absolute Gasteiger partial charge is 0.328 e. The van der Waals surface area contributed by atoms with E-state index >= 15 is 0 Å². The Morgan fingerprint density at radius 1 is 1.37 bits per heavy atom. The molecule has 3 nitrogen and oxygen atoms in total. The zero-order valence-corrected chi connectivity index (χ0v) is 12.4. The third kappa shape index (κ3) is 4.44. The van der Waals surface area contributed by atoms with Gasteiger partial charge in [0.2, 0.25) is 0 Å². The maximum absolute atomic E-state index is 10.9. The molecule has 5 heteroatoms. The van der Waals surface area contributed by atoms with Crippen molar-refractivity contribution in [3.05, 3.63) is 33.8 Å². The highest BCUT2D eigenvalue weighted by molar-refractivity contribution is 6.36. The lowest BCUT2D eigenvalue weighted by molar-refractivity contribution is -0.131. The van der Waals surface area contributed by atoms with E-state index in [0.717, 1.165) is 6.42 Å². The van der Waals surface area contributed by atoms with Crippen molar-refractivity contribution in [2.75, 3.05) is 6.61 Å². The average molecular weight is 303 g/mol. The molecular formula is C14H16Cl2O3. The molecule has 0 atom stereocenters. The van der Waals surface area contributed by atoms with Crippen molar-refractivity contribution >= 4 is 34.7 Å². The van der Waals surface area contributed by atoms with Crippen molar-refractivity contribution in [3.8, 4) is 5.75 Å². The fourth-order valence-corrected chi connectivity index (χ4v) is 2.34. The Hall–Kier alpha value is -1.19. The fraction of sp³-hybridized carbons (Fsp3) is 0.357. The lowest BCUT2D eigenvalue weighted by Gasteiger charge is -2.15. The molecule has 1 aromatic rings. The van der Waals surface area contributed by atoms with Crippen molar-refractivity contribution in [2.24, 2.45) is 0 Å². The van der Waals surface area contributed by atoms with Crippen LogP contribution in [0.1, 0.15) is 32.3 Å². The van der Waals surface area contributed by atoms with Crippen molar-refractivity contribution in [3.63, 3.8) is 0 Å². The molecule has 0 heterocycles. The number of aliphatic carboxylic acids is 1. The summed E-state index contributed by atoms with van der Waals surface area (Å²) < 4.78 is 5.51. The number of carboxylic acids is 1. The third-order valence-corrected chi connectivity index (χ3v) is 2.96. The molecule has 104 valence electrons. The van der Waals surface area contributed by atoms with Crippen LogP contribution in [0.2, 0.25) is 10.0 Å². The lowest BCUT2D eigenvalue weighted by Crippen LogP contribution is -2.00. The highest BCUT2D eigenvalue weighted by Gasteiger charge is 2.15. The van der Waals surface area contributed by atoms with Crippen LogP contribution in [0.4, 0.5) is 0 Å².